The fraction of sp³-hybridized carbons (Fsp3) is 0.564. The van der Waals surface area contributed by atoms with Gasteiger partial charge in [0.1, 0.15) is 5.75 Å². The second-order valence-electron chi connectivity index (χ2n) is 14.5. The van der Waals surface area contributed by atoms with Gasteiger partial charge in [-0.15, -0.1) is 0 Å². The van der Waals surface area contributed by atoms with E-state index in [1.807, 2.05) is 6.20 Å². The van der Waals surface area contributed by atoms with Crippen molar-refractivity contribution in [2.75, 3.05) is 25.2 Å². The first-order valence-corrected chi connectivity index (χ1v) is 17.6. The summed E-state index contributed by atoms with van der Waals surface area (Å²) in [5.74, 6) is 2.19. The highest BCUT2D eigenvalue weighted by molar-refractivity contribution is 5.96. The third-order valence-corrected chi connectivity index (χ3v) is 10.4. The minimum Gasteiger partial charge on any atom is -0.496 e. The van der Waals surface area contributed by atoms with Gasteiger partial charge in [-0.2, -0.15) is 5.10 Å². The normalized spacial score (nSPS) is 23.2. The van der Waals surface area contributed by atoms with Crippen LogP contribution in [-0.4, -0.2) is 41.9 Å². The molecule has 1 aromatic heterocycles. The molecule has 6 rings (SSSR count). The van der Waals surface area contributed by atoms with Crippen LogP contribution >= 0.6 is 0 Å². The molecule has 3 aliphatic rings. The van der Waals surface area contributed by atoms with Crippen molar-refractivity contribution in [1.29, 1.82) is 0 Å². The molecule has 0 aliphatic heterocycles. The Bertz CT molecular complexity index is 1490. The van der Waals surface area contributed by atoms with Crippen LogP contribution in [0, 0.1) is 30.6 Å². The van der Waals surface area contributed by atoms with Crippen LogP contribution in [0.5, 0.6) is 5.75 Å². The van der Waals surface area contributed by atoms with Gasteiger partial charge in [-0.3, -0.25) is 14.3 Å². The molecule has 0 unspecified atom stereocenters. The van der Waals surface area contributed by atoms with Gasteiger partial charge in [-0.25, -0.2) is 0 Å². The Hall–Kier alpha value is -3.61. The zero-order valence-corrected chi connectivity index (χ0v) is 28.1. The summed E-state index contributed by atoms with van der Waals surface area (Å²) >= 11 is 0. The number of ether oxygens (including phenoxy) is 2. The fourth-order valence-corrected chi connectivity index (χ4v) is 7.46. The molecule has 7 nitrogen and oxygen atoms in total. The van der Waals surface area contributed by atoms with Gasteiger partial charge < -0.3 is 14.4 Å². The Morgan fingerprint density at radius 1 is 0.913 bits per heavy atom. The maximum Gasteiger partial charge on any atom is 0.308 e. The van der Waals surface area contributed by atoms with Crippen molar-refractivity contribution in [2.45, 2.75) is 96.9 Å². The fourth-order valence-electron chi connectivity index (χ4n) is 7.46. The number of rotatable bonds is 11. The molecule has 0 saturated heterocycles. The van der Waals surface area contributed by atoms with Crippen molar-refractivity contribution in [3.8, 4) is 16.9 Å². The van der Waals surface area contributed by atoms with Gasteiger partial charge >= 0.3 is 5.97 Å². The molecule has 0 radical (unpaired) electrons. The van der Waals surface area contributed by atoms with Crippen molar-refractivity contribution in [3.63, 3.8) is 0 Å². The monoisotopic (exact) mass is 625 g/mol. The van der Waals surface area contributed by atoms with E-state index in [-0.39, 0.29) is 23.7 Å². The maximum absolute atomic E-state index is 14.4. The highest BCUT2D eigenvalue weighted by Gasteiger charge is 2.35. The van der Waals surface area contributed by atoms with E-state index >= 15 is 0 Å². The molecule has 0 spiro atoms. The molecule has 3 saturated carbocycles. The van der Waals surface area contributed by atoms with Crippen LogP contribution in [0.2, 0.25) is 0 Å². The van der Waals surface area contributed by atoms with E-state index in [1.165, 1.54) is 24.0 Å². The number of carbonyl (C=O) groups excluding carboxylic acids is 2. The largest absolute Gasteiger partial charge is 0.496 e. The second-order valence-corrected chi connectivity index (χ2v) is 14.5. The number of esters is 1. The number of methoxy groups -OCH3 is 1. The Morgan fingerprint density at radius 3 is 2.33 bits per heavy atom. The number of anilines is 1. The smallest absolute Gasteiger partial charge is 0.308 e. The van der Waals surface area contributed by atoms with E-state index in [2.05, 4.69) is 84.1 Å². The van der Waals surface area contributed by atoms with E-state index in [9.17, 15) is 9.59 Å². The van der Waals surface area contributed by atoms with Gasteiger partial charge in [0.2, 0.25) is 5.91 Å². The molecular weight excluding hydrogens is 574 g/mol. The Kier molecular flexibility index (Phi) is 10.1. The zero-order chi connectivity index (χ0) is 32.2. The minimum absolute atomic E-state index is 0.0750. The number of carbonyl (C=O) groups is 2. The average molecular weight is 626 g/mol. The molecule has 0 atom stereocenters. The van der Waals surface area contributed by atoms with Crippen molar-refractivity contribution < 1.29 is 19.1 Å². The second kappa shape index (κ2) is 14.4. The van der Waals surface area contributed by atoms with Gasteiger partial charge in [0.05, 0.1) is 31.9 Å². The topological polar surface area (TPSA) is 73.7 Å². The van der Waals surface area contributed by atoms with Gasteiger partial charge in [0.25, 0.3) is 0 Å². The summed E-state index contributed by atoms with van der Waals surface area (Å²) in [6.07, 6.45) is 13.8. The Morgan fingerprint density at radius 2 is 1.65 bits per heavy atom. The predicted octanol–water partition coefficient (Wildman–Crippen LogP) is 8.51. The van der Waals surface area contributed by atoms with Crippen LogP contribution in [-0.2, 0) is 14.3 Å². The van der Waals surface area contributed by atoms with Crippen molar-refractivity contribution in [2.24, 2.45) is 23.7 Å². The molecule has 7 heteroatoms. The van der Waals surface area contributed by atoms with E-state index in [4.69, 9.17) is 9.47 Å². The molecule has 246 valence electrons. The van der Waals surface area contributed by atoms with Gasteiger partial charge in [-0.05, 0) is 124 Å². The van der Waals surface area contributed by atoms with Crippen molar-refractivity contribution in [1.82, 2.24) is 9.78 Å². The van der Waals surface area contributed by atoms with E-state index in [1.54, 1.807) is 7.11 Å². The third kappa shape index (κ3) is 7.67. The quantitative estimate of drug-likeness (QED) is 0.200. The molecule has 0 bridgehead atoms. The summed E-state index contributed by atoms with van der Waals surface area (Å²) < 4.78 is 13.1. The van der Waals surface area contributed by atoms with Crippen LogP contribution in [0.25, 0.3) is 11.1 Å². The summed E-state index contributed by atoms with van der Waals surface area (Å²) in [7, 11) is 1.73. The summed E-state index contributed by atoms with van der Waals surface area (Å²) in [6.45, 7) is 7.41. The van der Waals surface area contributed by atoms with E-state index in [0.717, 1.165) is 67.6 Å². The SMILES string of the molecule is COc1ccc([C@H]2CC[C@H](CN(c3cccc(-c4cnn(C5CC5)c4)c3)C(=O)[C@H]3CC[C@H](C(=O)OCC(C)C)CC3)CC2)cc1C. The highest BCUT2D eigenvalue weighted by atomic mass is 16.5. The van der Waals surface area contributed by atoms with Gasteiger partial charge in [-0.1, -0.05) is 38.1 Å². The first kappa shape index (κ1) is 32.3. The number of nitrogens with zero attached hydrogens (tertiary/aromatic N) is 3. The predicted molar refractivity (Wildman–Crippen MR) is 182 cm³/mol. The first-order valence-electron chi connectivity index (χ1n) is 17.6. The Labute approximate surface area is 274 Å². The number of hydrogen-bond acceptors (Lipinski definition) is 5. The Balaban J connectivity index is 1.16. The van der Waals surface area contributed by atoms with Crippen LogP contribution in [0.3, 0.4) is 0 Å². The summed E-state index contributed by atoms with van der Waals surface area (Å²) in [6, 6.07) is 15.6. The zero-order valence-electron chi connectivity index (χ0n) is 28.1. The molecular formula is C39H51N3O4. The van der Waals surface area contributed by atoms with Crippen LogP contribution in [0.4, 0.5) is 5.69 Å². The van der Waals surface area contributed by atoms with Crippen molar-refractivity contribution in [3.05, 3.63) is 66.0 Å². The molecule has 46 heavy (non-hydrogen) atoms. The van der Waals surface area contributed by atoms with Gasteiger partial charge in [0.15, 0.2) is 0 Å². The van der Waals surface area contributed by atoms with E-state index < -0.39 is 0 Å². The first-order chi connectivity index (χ1) is 22.3. The lowest BCUT2D eigenvalue weighted by Crippen LogP contribution is -2.42. The molecule has 3 fully saturated rings. The lowest BCUT2D eigenvalue weighted by Gasteiger charge is -2.36. The lowest BCUT2D eigenvalue weighted by molar-refractivity contribution is -0.151. The molecule has 0 N–H and O–H groups in total. The molecule has 2 aromatic carbocycles. The average Bonchev–Trinajstić information content (AvgIpc) is 3.81. The maximum atomic E-state index is 14.4. The van der Waals surface area contributed by atoms with Gasteiger partial charge in [0, 0.05) is 29.9 Å². The molecule has 1 amide bonds. The lowest BCUT2D eigenvalue weighted by atomic mass is 9.77. The molecule has 3 aromatic rings. The summed E-state index contributed by atoms with van der Waals surface area (Å²) in [5.41, 5.74) is 5.74. The number of benzene rings is 2. The van der Waals surface area contributed by atoms with Crippen LogP contribution < -0.4 is 9.64 Å². The standard InChI is InChI=1S/C39H51N3O4/c1-26(2)25-46-39(44)31-14-12-30(13-15-31)38(43)41(36-7-5-6-32(21-36)34-22-40-42(24-34)35-17-18-35)23-28-8-10-29(11-9-28)33-16-19-37(45-4)27(3)20-33/h5-7,16,19-22,24,26,28-31,35H,8-15,17-18,23,25H2,1-4H3/t28-,29-,30-,31-. The number of aromatic nitrogens is 2. The number of aryl methyl sites for hydroxylation is 1. The van der Waals surface area contributed by atoms with E-state index in [0.29, 0.717) is 43.2 Å². The highest BCUT2D eigenvalue weighted by Crippen LogP contribution is 2.40. The van der Waals surface area contributed by atoms with Crippen LogP contribution in [0.1, 0.15) is 101 Å². The van der Waals surface area contributed by atoms with Crippen molar-refractivity contribution >= 4 is 17.6 Å². The third-order valence-electron chi connectivity index (χ3n) is 10.4. The molecule has 1 heterocycles. The minimum atomic E-state index is -0.0977. The molecule has 3 aliphatic carbocycles. The summed E-state index contributed by atoms with van der Waals surface area (Å²) in [5, 5.41) is 4.61. The number of hydrogen-bond donors (Lipinski definition) is 0. The summed E-state index contributed by atoms with van der Waals surface area (Å²) in [4.78, 5) is 29.1. The number of amides is 1. The van der Waals surface area contributed by atoms with Crippen LogP contribution in [0.15, 0.2) is 54.9 Å².